The molecule has 6 aromatic rings. The van der Waals surface area contributed by atoms with E-state index in [2.05, 4.69) is 0 Å². The van der Waals surface area contributed by atoms with E-state index in [-0.39, 0.29) is 0 Å². The summed E-state index contributed by atoms with van der Waals surface area (Å²) in [5.74, 6) is 0. The third-order valence-electron chi connectivity index (χ3n) is 7.92. The molecule has 0 saturated carbocycles. The van der Waals surface area contributed by atoms with E-state index in [9.17, 15) is 8.42 Å². The van der Waals surface area contributed by atoms with Crippen LogP contribution in [0.2, 0.25) is 0 Å². The van der Waals surface area contributed by atoms with Crippen LogP contribution in [0.3, 0.4) is 0 Å². The van der Waals surface area contributed by atoms with Crippen molar-refractivity contribution in [3.05, 3.63) is 130 Å². The molecule has 0 bridgehead atoms. The number of furan rings is 2. The first-order chi connectivity index (χ1) is 21.9. The van der Waals surface area contributed by atoms with E-state index in [1.807, 2.05) is 86.7 Å². The second-order valence-corrected chi connectivity index (χ2v) is 15.8. The molecular weight excluding hydrogens is 621 g/mol. The molecule has 0 aliphatic carbocycles. The van der Waals surface area contributed by atoms with Crippen LogP contribution in [0.5, 0.6) is 0 Å². The van der Waals surface area contributed by atoms with Gasteiger partial charge in [0.25, 0.3) is 0 Å². The Kier molecular flexibility index (Phi) is 9.78. The van der Waals surface area contributed by atoms with Gasteiger partial charge in [0.15, 0.2) is 9.84 Å². The molecular formula is C36H36N2O4S3. The van der Waals surface area contributed by atoms with Crippen molar-refractivity contribution >= 4 is 52.9 Å². The molecule has 0 N–H and O–H groups in total. The van der Waals surface area contributed by atoms with E-state index in [1.54, 1.807) is 25.1 Å². The summed E-state index contributed by atoms with van der Waals surface area (Å²) in [7, 11) is -3.88. The van der Waals surface area contributed by atoms with Gasteiger partial charge < -0.3 is 8.83 Å². The van der Waals surface area contributed by atoms with Crippen molar-refractivity contribution in [3.8, 4) is 0 Å². The Balaban J connectivity index is 1.37. The van der Waals surface area contributed by atoms with Crippen molar-refractivity contribution in [2.45, 2.75) is 62.9 Å². The number of sulfone groups is 1. The standard InChI is InChI=1S/C36H36N2O4S3/c1-25(9-7-11-27-17-19-41-23-27)21-33(35-37-29-13-3-5-15-31(29)43-35)45(39,40)34(36-38-30-14-4-6-16-32(30)44-36)22-26(2)10-8-12-28-18-20-42-24-28/h3-6,13-24,33-34H,7-12H2,1-2H3. The molecule has 0 aliphatic heterocycles. The van der Waals surface area contributed by atoms with Gasteiger partial charge in [-0.1, -0.05) is 47.6 Å². The van der Waals surface area contributed by atoms with Crippen LogP contribution in [-0.2, 0) is 22.7 Å². The van der Waals surface area contributed by atoms with E-state index < -0.39 is 20.3 Å². The van der Waals surface area contributed by atoms with Gasteiger partial charge in [-0.05, 0) is 99.9 Å². The maximum absolute atomic E-state index is 15.0. The van der Waals surface area contributed by atoms with E-state index >= 15 is 0 Å². The van der Waals surface area contributed by atoms with Crippen LogP contribution < -0.4 is 0 Å². The smallest absolute Gasteiger partial charge is 0.176 e. The molecule has 9 heteroatoms. The minimum Gasteiger partial charge on any atom is -0.472 e. The average Bonchev–Trinajstić information content (AvgIpc) is 3.85. The van der Waals surface area contributed by atoms with Gasteiger partial charge in [-0.15, -0.1) is 22.7 Å². The Labute approximate surface area is 272 Å². The van der Waals surface area contributed by atoms with Gasteiger partial charge in [0.2, 0.25) is 0 Å². The van der Waals surface area contributed by atoms with Crippen molar-refractivity contribution in [1.82, 2.24) is 9.97 Å². The quantitative estimate of drug-likeness (QED) is 0.108. The average molecular weight is 657 g/mol. The lowest BCUT2D eigenvalue weighted by Crippen LogP contribution is -2.19. The number of hydrogen-bond acceptors (Lipinski definition) is 8. The van der Waals surface area contributed by atoms with E-state index in [0.29, 0.717) is 10.0 Å². The third kappa shape index (κ3) is 7.54. The van der Waals surface area contributed by atoms with Crippen LogP contribution in [0, 0.1) is 0 Å². The van der Waals surface area contributed by atoms with E-state index in [4.69, 9.17) is 18.8 Å². The number of aryl methyl sites for hydroxylation is 2. The lowest BCUT2D eigenvalue weighted by Gasteiger charge is -2.19. The number of fused-ring (bicyclic) bond motifs is 2. The fourth-order valence-electron chi connectivity index (χ4n) is 5.49. The lowest BCUT2D eigenvalue weighted by atomic mass is 10.1. The first-order valence-electron chi connectivity index (χ1n) is 15.2. The highest BCUT2D eigenvalue weighted by atomic mass is 32.2. The monoisotopic (exact) mass is 656 g/mol. The molecule has 0 saturated heterocycles. The largest absolute Gasteiger partial charge is 0.472 e. The summed E-state index contributed by atoms with van der Waals surface area (Å²) in [4.78, 5) is 9.73. The summed E-state index contributed by atoms with van der Waals surface area (Å²) in [5.41, 5.74) is 5.95. The number of benzene rings is 2. The fourth-order valence-corrected chi connectivity index (χ4v) is 10.2. The highest BCUT2D eigenvalue weighted by Gasteiger charge is 2.38. The van der Waals surface area contributed by atoms with Crippen molar-refractivity contribution in [2.75, 3.05) is 0 Å². The number of rotatable bonds is 14. The van der Waals surface area contributed by atoms with Gasteiger partial charge in [0.1, 0.15) is 20.5 Å². The molecule has 4 heterocycles. The molecule has 2 aromatic carbocycles. The molecule has 2 unspecified atom stereocenters. The van der Waals surface area contributed by atoms with Crippen molar-refractivity contribution in [3.63, 3.8) is 0 Å². The summed E-state index contributed by atoms with van der Waals surface area (Å²) < 4.78 is 42.4. The maximum atomic E-state index is 15.0. The summed E-state index contributed by atoms with van der Waals surface area (Å²) in [6.45, 7) is 4.05. The first-order valence-corrected chi connectivity index (χ1v) is 18.4. The molecule has 0 radical (unpaired) electrons. The minimum atomic E-state index is -3.88. The lowest BCUT2D eigenvalue weighted by molar-refractivity contribution is 0.563. The van der Waals surface area contributed by atoms with Crippen LogP contribution >= 0.6 is 22.7 Å². The number of para-hydroxylation sites is 2. The molecule has 45 heavy (non-hydrogen) atoms. The Bertz CT molecular complexity index is 1810. The van der Waals surface area contributed by atoms with Crippen LogP contribution in [-0.4, -0.2) is 18.4 Å². The zero-order chi connectivity index (χ0) is 31.2. The highest BCUT2D eigenvalue weighted by Crippen LogP contribution is 2.42. The van der Waals surface area contributed by atoms with Gasteiger partial charge in [0.05, 0.1) is 45.5 Å². The van der Waals surface area contributed by atoms with E-state index in [0.717, 1.165) is 81.2 Å². The number of allylic oxidation sites excluding steroid dienone is 2. The summed E-state index contributed by atoms with van der Waals surface area (Å²) in [5, 5.41) is -0.642. The second kappa shape index (κ2) is 14.1. The summed E-state index contributed by atoms with van der Waals surface area (Å²) in [6.07, 6.45) is 15.8. The molecule has 0 fully saturated rings. The Morgan fingerprint density at radius 1 is 0.711 bits per heavy atom. The zero-order valence-electron chi connectivity index (χ0n) is 25.4. The number of nitrogens with zero attached hydrogens (tertiary/aromatic N) is 2. The summed E-state index contributed by atoms with van der Waals surface area (Å²) >= 11 is 2.90. The first kappa shape index (κ1) is 31.2. The van der Waals surface area contributed by atoms with E-state index in [1.165, 1.54) is 22.7 Å². The molecule has 0 aliphatic rings. The molecule has 0 amide bonds. The van der Waals surface area contributed by atoms with Crippen LogP contribution in [0.4, 0.5) is 0 Å². The maximum Gasteiger partial charge on any atom is 0.176 e. The van der Waals surface area contributed by atoms with Gasteiger partial charge in [-0.25, -0.2) is 18.4 Å². The third-order valence-corrected chi connectivity index (χ3v) is 12.6. The minimum absolute atomic E-state index is 0.586. The van der Waals surface area contributed by atoms with Gasteiger partial charge in [-0.3, -0.25) is 0 Å². The molecule has 6 rings (SSSR count). The second-order valence-electron chi connectivity index (χ2n) is 11.5. The van der Waals surface area contributed by atoms with Crippen molar-refractivity contribution in [2.24, 2.45) is 0 Å². The Morgan fingerprint density at radius 3 is 1.56 bits per heavy atom. The van der Waals surface area contributed by atoms with Gasteiger partial charge in [-0.2, -0.15) is 0 Å². The molecule has 2 atom stereocenters. The predicted molar refractivity (Wildman–Crippen MR) is 184 cm³/mol. The van der Waals surface area contributed by atoms with Crippen LogP contribution in [0.15, 0.2) is 118 Å². The molecule has 232 valence electrons. The number of hydrogen-bond donors (Lipinski definition) is 0. The molecule has 4 aromatic heterocycles. The molecule has 0 spiro atoms. The predicted octanol–water partition coefficient (Wildman–Crippen LogP) is 10.2. The van der Waals surface area contributed by atoms with Gasteiger partial charge >= 0.3 is 0 Å². The SMILES string of the molecule is CC(=CC(c1nc2ccccc2s1)S(=O)(=O)C(C=C(C)CCCc1ccoc1)c1nc2ccccc2s1)CCCc1ccoc1. The van der Waals surface area contributed by atoms with Crippen molar-refractivity contribution < 1.29 is 17.3 Å². The molecule has 6 nitrogen and oxygen atoms in total. The topological polar surface area (TPSA) is 86.2 Å². The number of aromatic nitrogens is 2. The van der Waals surface area contributed by atoms with Gasteiger partial charge in [0, 0.05) is 0 Å². The normalized spacial score (nSPS) is 14.4. The Morgan fingerprint density at radius 2 is 1.16 bits per heavy atom. The van der Waals surface area contributed by atoms with Crippen LogP contribution in [0.1, 0.15) is 71.2 Å². The Hall–Kier alpha value is -3.79. The fraction of sp³-hybridized carbons (Fsp3) is 0.278. The zero-order valence-corrected chi connectivity index (χ0v) is 27.8. The number of thiazole rings is 2. The summed E-state index contributed by atoms with van der Waals surface area (Å²) in [6, 6.07) is 19.6. The van der Waals surface area contributed by atoms with Crippen molar-refractivity contribution in [1.29, 1.82) is 0 Å². The van der Waals surface area contributed by atoms with Crippen LogP contribution in [0.25, 0.3) is 20.4 Å². The highest BCUT2D eigenvalue weighted by molar-refractivity contribution is 7.92.